The fourth-order valence-corrected chi connectivity index (χ4v) is 3.26. The first-order chi connectivity index (χ1) is 10.0. The summed E-state index contributed by atoms with van der Waals surface area (Å²) in [5.74, 6) is 0. The van der Waals surface area contributed by atoms with E-state index in [2.05, 4.69) is 37.9 Å². The van der Waals surface area contributed by atoms with Crippen LogP contribution in [0.5, 0.6) is 0 Å². The molecule has 0 radical (unpaired) electrons. The fourth-order valence-electron chi connectivity index (χ4n) is 1.96. The van der Waals surface area contributed by atoms with Gasteiger partial charge in [0.05, 0.1) is 27.0 Å². The van der Waals surface area contributed by atoms with Crippen LogP contribution in [0.3, 0.4) is 0 Å². The molecule has 0 fully saturated rings. The zero-order valence-corrected chi connectivity index (χ0v) is 14.0. The molecule has 0 unspecified atom stereocenters. The van der Waals surface area contributed by atoms with Crippen molar-refractivity contribution < 1.29 is 5.21 Å². The van der Waals surface area contributed by atoms with Gasteiger partial charge in [-0.25, -0.2) is 0 Å². The summed E-state index contributed by atoms with van der Waals surface area (Å²) in [4.78, 5) is -0.184. The minimum absolute atomic E-state index is 0.0285. The average molecular weight is 411 g/mol. The van der Waals surface area contributed by atoms with Crippen LogP contribution in [0.1, 0.15) is 26.3 Å². The Morgan fingerprint density at radius 1 is 1.10 bits per heavy atom. The quantitative estimate of drug-likeness (QED) is 0.579. The van der Waals surface area contributed by atoms with Crippen LogP contribution in [0.25, 0.3) is 0 Å². The first-order valence-corrected chi connectivity index (χ1v) is 7.91. The molecule has 4 nitrogen and oxygen atoms in total. The largest absolute Gasteiger partial charge is 0.733 e. The van der Waals surface area contributed by atoms with E-state index in [1.807, 2.05) is 30.3 Å². The predicted molar refractivity (Wildman–Crippen MR) is 88.6 cm³/mol. The molecule has 0 aliphatic rings. The highest BCUT2D eigenvalue weighted by Crippen LogP contribution is 2.43. The van der Waals surface area contributed by atoms with Gasteiger partial charge in [0.15, 0.2) is 0 Å². The number of alkyl halides is 2. The number of nitriles is 1. The van der Waals surface area contributed by atoms with Crippen molar-refractivity contribution in [3.8, 4) is 6.07 Å². The average Bonchev–Trinajstić information content (AvgIpc) is 2.53. The van der Waals surface area contributed by atoms with Crippen molar-refractivity contribution in [1.29, 1.82) is 5.26 Å². The second kappa shape index (κ2) is 7.05. The summed E-state index contributed by atoms with van der Waals surface area (Å²) in [5, 5.41) is 28.8. The number of halogens is 2. The molecule has 108 valence electrons. The minimum atomic E-state index is -0.253. The summed E-state index contributed by atoms with van der Waals surface area (Å²) >= 11 is 7.21. The van der Waals surface area contributed by atoms with Gasteiger partial charge in [0.2, 0.25) is 0 Å². The predicted octanol–water partition coefficient (Wildman–Crippen LogP) is 4.82. The van der Waals surface area contributed by atoms with Crippen LogP contribution in [0.2, 0.25) is 0 Å². The molecule has 0 spiro atoms. The molecule has 21 heavy (non-hydrogen) atoms. The van der Waals surface area contributed by atoms with Crippen LogP contribution >= 0.6 is 31.9 Å². The maximum atomic E-state index is 10.9. The van der Waals surface area contributed by atoms with E-state index in [9.17, 15) is 10.5 Å². The minimum Gasteiger partial charge on any atom is -0.733 e. The van der Waals surface area contributed by atoms with Crippen LogP contribution in [-0.4, -0.2) is 5.21 Å². The lowest BCUT2D eigenvalue weighted by molar-refractivity contribution is 0.296. The van der Waals surface area contributed by atoms with Gasteiger partial charge in [-0.1, -0.05) is 68.3 Å². The summed E-state index contributed by atoms with van der Waals surface area (Å²) in [6.07, 6.45) is 0. The van der Waals surface area contributed by atoms with E-state index in [0.29, 0.717) is 5.56 Å². The van der Waals surface area contributed by atoms with Crippen molar-refractivity contribution >= 4 is 37.5 Å². The van der Waals surface area contributed by atoms with Crippen molar-refractivity contribution in [1.82, 2.24) is 0 Å². The lowest BCUT2D eigenvalue weighted by Gasteiger charge is -2.24. The molecular formula is C15H11Br2N2O2-. The molecule has 2 aromatic rings. The maximum absolute atomic E-state index is 10.9. The van der Waals surface area contributed by atoms with Crippen LogP contribution in [0.4, 0.5) is 5.69 Å². The Morgan fingerprint density at radius 3 is 2.33 bits per heavy atom. The van der Waals surface area contributed by atoms with Crippen molar-refractivity contribution in [3.63, 3.8) is 0 Å². The second-order valence-corrected chi connectivity index (χ2v) is 6.34. The molecule has 0 saturated heterocycles. The number of hydrogen-bond acceptors (Lipinski definition) is 4. The van der Waals surface area contributed by atoms with Crippen molar-refractivity contribution in [2.24, 2.45) is 0 Å². The van der Waals surface area contributed by atoms with Crippen LogP contribution in [0, 0.1) is 16.5 Å². The van der Waals surface area contributed by atoms with Gasteiger partial charge in [-0.3, -0.25) is 5.21 Å². The van der Waals surface area contributed by atoms with Gasteiger partial charge in [0.25, 0.3) is 0 Å². The molecule has 0 bridgehead atoms. The van der Waals surface area contributed by atoms with Crippen LogP contribution in [0.15, 0.2) is 48.5 Å². The van der Waals surface area contributed by atoms with Gasteiger partial charge >= 0.3 is 0 Å². The van der Waals surface area contributed by atoms with Gasteiger partial charge < -0.3 is 10.4 Å². The Labute approximate surface area is 139 Å². The normalized spacial score (nSPS) is 13.3. The molecule has 0 amide bonds. The van der Waals surface area contributed by atoms with E-state index in [1.54, 1.807) is 6.07 Å². The molecule has 6 heteroatoms. The van der Waals surface area contributed by atoms with Crippen molar-refractivity contribution in [3.05, 3.63) is 70.4 Å². The highest BCUT2D eigenvalue weighted by Gasteiger charge is 2.22. The molecular weight excluding hydrogens is 400 g/mol. The molecule has 0 aliphatic carbocycles. The zero-order valence-electron chi connectivity index (χ0n) is 10.8. The molecule has 2 atom stereocenters. The Kier molecular flexibility index (Phi) is 5.37. The Bertz CT molecular complexity index is 656. The van der Waals surface area contributed by atoms with E-state index in [4.69, 9.17) is 5.21 Å². The van der Waals surface area contributed by atoms with Gasteiger partial charge in [0.1, 0.15) is 0 Å². The summed E-state index contributed by atoms with van der Waals surface area (Å²) in [7, 11) is 0. The highest BCUT2D eigenvalue weighted by atomic mass is 79.9. The van der Waals surface area contributed by atoms with Gasteiger partial charge in [-0.05, 0) is 23.3 Å². The molecule has 0 heterocycles. The van der Waals surface area contributed by atoms with E-state index in [1.165, 1.54) is 12.1 Å². The first-order valence-electron chi connectivity index (χ1n) is 6.08. The maximum Gasteiger partial charge on any atom is 0.0995 e. The fraction of sp³-hybridized carbons (Fsp3) is 0.133. The highest BCUT2D eigenvalue weighted by molar-refractivity contribution is 9.12. The summed E-state index contributed by atoms with van der Waals surface area (Å²) in [6.45, 7) is 0. The molecule has 2 aromatic carbocycles. The summed E-state index contributed by atoms with van der Waals surface area (Å²) < 4.78 is 0. The molecule has 0 saturated carbocycles. The van der Waals surface area contributed by atoms with Crippen molar-refractivity contribution in [2.75, 3.05) is 5.23 Å². The third kappa shape index (κ3) is 3.63. The van der Waals surface area contributed by atoms with E-state index >= 15 is 0 Å². The van der Waals surface area contributed by atoms with Crippen LogP contribution in [-0.2, 0) is 0 Å². The van der Waals surface area contributed by atoms with E-state index < -0.39 is 0 Å². The summed E-state index contributed by atoms with van der Waals surface area (Å²) in [6, 6.07) is 16.3. The topological polar surface area (TPSA) is 70.3 Å². The Hall–Kier alpha value is -1.39. The lowest BCUT2D eigenvalue weighted by Crippen LogP contribution is -2.08. The Balaban J connectivity index is 2.35. The molecule has 0 aliphatic heterocycles. The zero-order chi connectivity index (χ0) is 15.4. The third-order valence-corrected chi connectivity index (χ3v) is 5.84. The standard InChI is InChI=1S/C15H11Br2N2O2/c16-14(10-4-2-1-3-5-10)15(17)13-7-6-12(19(20)21)8-11(13)9-18/h1-8,14-15,20H/q-1/t14-,15-/m1/s1. The van der Waals surface area contributed by atoms with Gasteiger partial charge in [0, 0.05) is 0 Å². The molecule has 1 N–H and O–H groups in total. The lowest BCUT2D eigenvalue weighted by atomic mass is 9.99. The number of rotatable bonds is 4. The first kappa shape index (κ1) is 16.0. The number of nitrogens with zero attached hydrogens (tertiary/aromatic N) is 2. The monoisotopic (exact) mass is 409 g/mol. The van der Waals surface area contributed by atoms with E-state index in [0.717, 1.165) is 11.1 Å². The SMILES string of the molecule is N#Cc1cc(N([O-])O)ccc1[C@@H](Br)[C@H](Br)c1ccccc1. The van der Waals surface area contributed by atoms with E-state index in [-0.39, 0.29) is 20.6 Å². The molecule has 0 aromatic heterocycles. The van der Waals surface area contributed by atoms with Gasteiger partial charge in [-0.2, -0.15) is 5.26 Å². The number of anilines is 1. The Morgan fingerprint density at radius 2 is 1.76 bits per heavy atom. The second-order valence-electron chi connectivity index (χ2n) is 4.37. The number of hydrogen-bond donors (Lipinski definition) is 1. The van der Waals surface area contributed by atoms with Gasteiger partial charge in [-0.15, -0.1) is 0 Å². The van der Waals surface area contributed by atoms with Crippen LogP contribution < -0.4 is 5.23 Å². The molecule has 2 rings (SSSR count). The third-order valence-electron chi connectivity index (χ3n) is 3.05. The smallest absolute Gasteiger partial charge is 0.0995 e. The summed E-state index contributed by atoms with van der Waals surface area (Å²) in [5.41, 5.74) is 2.18. The number of benzene rings is 2. The van der Waals surface area contributed by atoms with Crippen molar-refractivity contribution in [2.45, 2.75) is 9.65 Å².